The van der Waals surface area contributed by atoms with Crippen LogP contribution < -0.4 is 5.32 Å². The minimum atomic E-state index is 0.201. The fourth-order valence-corrected chi connectivity index (χ4v) is 3.18. The lowest BCUT2D eigenvalue weighted by Gasteiger charge is -2.38. The van der Waals surface area contributed by atoms with E-state index in [1.165, 1.54) is 32.5 Å². The number of likely N-dealkylation sites (tertiary alicyclic amines) is 1. The highest BCUT2D eigenvalue weighted by molar-refractivity contribution is 5.73. The van der Waals surface area contributed by atoms with Crippen molar-refractivity contribution in [2.24, 2.45) is 5.92 Å². The lowest BCUT2D eigenvalue weighted by molar-refractivity contribution is -0.130. The molecule has 0 aliphatic carbocycles. The van der Waals surface area contributed by atoms with Gasteiger partial charge < -0.3 is 15.1 Å². The highest BCUT2D eigenvalue weighted by atomic mass is 16.2. The third-order valence-electron chi connectivity index (χ3n) is 4.58. The van der Waals surface area contributed by atoms with Crippen LogP contribution in [0.3, 0.4) is 0 Å². The molecule has 0 saturated carbocycles. The quantitative estimate of drug-likeness (QED) is 0.813. The number of rotatable bonds is 3. The molecule has 1 N–H and O–H groups in total. The zero-order valence-corrected chi connectivity index (χ0v) is 11.8. The Morgan fingerprint density at radius 1 is 1.22 bits per heavy atom. The Hall–Kier alpha value is -0.610. The maximum atomic E-state index is 11.3. The van der Waals surface area contributed by atoms with Crippen LogP contribution >= 0.6 is 0 Å². The molecule has 18 heavy (non-hydrogen) atoms. The van der Waals surface area contributed by atoms with Crippen LogP contribution in [0.5, 0.6) is 0 Å². The summed E-state index contributed by atoms with van der Waals surface area (Å²) in [6, 6.07) is 0.465. The van der Waals surface area contributed by atoms with Crippen molar-refractivity contribution < 1.29 is 4.79 Å². The Balaban J connectivity index is 1.71. The molecular weight excluding hydrogens is 226 g/mol. The van der Waals surface area contributed by atoms with E-state index in [1.807, 2.05) is 11.9 Å². The smallest absolute Gasteiger partial charge is 0.219 e. The number of carbonyl (C=O) groups is 1. The third kappa shape index (κ3) is 3.69. The number of hydrogen-bond acceptors (Lipinski definition) is 3. The highest BCUT2D eigenvalue weighted by Crippen LogP contribution is 2.19. The molecule has 0 aromatic heterocycles. The van der Waals surface area contributed by atoms with Crippen molar-refractivity contribution in [1.29, 1.82) is 0 Å². The van der Waals surface area contributed by atoms with Crippen molar-refractivity contribution in [3.63, 3.8) is 0 Å². The molecule has 1 amide bonds. The van der Waals surface area contributed by atoms with Crippen molar-refractivity contribution in [3.8, 4) is 0 Å². The maximum Gasteiger partial charge on any atom is 0.219 e. The van der Waals surface area contributed by atoms with Gasteiger partial charge in [0.05, 0.1) is 0 Å². The first kappa shape index (κ1) is 13.8. The predicted molar refractivity (Wildman–Crippen MR) is 73.5 cm³/mol. The number of nitrogens with zero attached hydrogens (tertiary/aromatic N) is 2. The first-order chi connectivity index (χ1) is 8.66. The highest BCUT2D eigenvalue weighted by Gasteiger charge is 2.25. The van der Waals surface area contributed by atoms with Crippen molar-refractivity contribution in [2.45, 2.75) is 38.6 Å². The molecule has 2 aliphatic heterocycles. The van der Waals surface area contributed by atoms with E-state index in [0.717, 1.165) is 31.8 Å². The summed E-state index contributed by atoms with van der Waals surface area (Å²) >= 11 is 0. The minimum Gasteiger partial charge on any atom is -0.343 e. The second kappa shape index (κ2) is 6.53. The molecule has 0 unspecified atom stereocenters. The van der Waals surface area contributed by atoms with Crippen LogP contribution in [0.25, 0.3) is 0 Å². The van der Waals surface area contributed by atoms with E-state index in [1.54, 1.807) is 6.92 Å². The van der Waals surface area contributed by atoms with Crippen LogP contribution in [0, 0.1) is 5.92 Å². The van der Waals surface area contributed by atoms with Gasteiger partial charge in [0.15, 0.2) is 0 Å². The number of piperidine rings is 2. The van der Waals surface area contributed by atoms with Gasteiger partial charge in [-0.25, -0.2) is 0 Å². The van der Waals surface area contributed by atoms with Crippen molar-refractivity contribution in [2.75, 3.05) is 39.8 Å². The Morgan fingerprint density at radius 3 is 2.39 bits per heavy atom. The molecule has 2 fully saturated rings. The van der Waals surface area contributed by atoms with E-state index >= 15 is 0 Å². The van der Waals surface area contributed by atoms with Crippen LogP contribution in [0.1, 0.15) is 32.6 Å². The summed E-state index contributed by atoms with van der Waals surface area (Å²) in [6.45, 7) is 7.63. The van der Waals surface area contributed by atoms with E-state index < -0.39 is 0 Å². The summed E-state index contributed by atoms with van der Waals surface area (Å²) in [6.07, 6.45) is 4.93. The average Bonchev–Trinajstić information content (AvgIpc) is 2.40. The number of hydrogen-bond donors (Lipinski definition) is 1. The Bertz CT molecular complexity index is 268. The first-order valence-electron chi connectivity index (χ1n) is 7.33. The van der Waals surface area contributed by atoms with E-state index in [0.29, 0.717) is 6.04 Å². The summed E-state index contributed by atoms with van der Waals surface area (Å²) < 4.78 is 0. The molecule has 0 spiro atoms. The van der Waals surface area contributed by atoms with E-state index in [-0.39, 0.29) is 5.91 Å². The summed E-state index contributed by atoms with van der Waals surface area (Å²) in [7, 11) is 1.94. The zero-order chi connectivity index (χ0) is 13.0. The SMILES string of the molecule is CC(=O)N(C)C1CCN(CC2CCNCC2)CC1. The fourth-order valence-electron chi connectivity index (χ4n) is 3.18. The molecule has 0 aromatic rings. The molecule has 0 bridgehead atoms. The lowest BCUT2D eigenvalue weighted by Crippen LogP contribution is -2.46. The van der Waals surface area contributed by atoms with E-state index in [4.69, 9.17) is 0 Å². The van der Waals surface area contributed by atoms with Crippen LogP contribution in [-0.4, -0.2) is 61.5 Å². The molecule has 2 aliphatic rings. The molecule has 2 heterocycles. The van der Waals surface area contributed by atoms with E-state index in [9.17, 15) is 4.79 Å². The van der Waals surface area contributed by atoms with Crippen molar-refractivity contribution >= 4 is 5.91 Å². The molecule has 2 saturated heterocycles. The fraction of sp³-hybridized carbons (Fsp3) is 0.929. The lowest BCUT2D eigenvalue weighted by atomic mass is 9.95. The van der Waals surface area contributed by atoms with Crippen molar-refractivity contribution in [3.05, 3.63) is 0 Å². The Kier molecular flexibility index (Phi) is 5.01. The molecule has 0 atom stereocenters. The molecule has 104 valence electrons. The summed E-state index contributed by atoms with van der Waals surface area (Å²) in [5.41, 5.74) is 0. The predicted octanol–water partition coefficient (Wildman–Crippen LogP) is 0.929. The van der Waals surface area contributed by atoms with Crippen molar-refractivity contribution in [1.82, 2.24) is 15.1 Å². The monoisotopic (exact) mass is 253 g/mol. The summed E-state index contributed by atoms with van der Waals surface area (Å²) in [4.78, 5) is 15.9. The number of carbonyl (C=O) groups excluding carboxylic acids is 1. The molecule has 4 nitrogen and oxygen atoms in total. The maximum absolute atomic E-state index is 11.3. The topological polar surface area (TPSA) is 35.6 Å². The molecule has 0 aromatic carbocycles. The van der Waals surface area contributed by atoms with Gasteiger partial charge in [0.1, 0.15) is 0 Å². The van der Waals surface area contributed by atoms with Gasteiger partial charge in [0.2, 0.25) is 5.91 Å². The third-order valence-corrected chi connectivity index (χ3v) is 4.58. The van der Waals surface area contributed by atoms with Gasteiger partial charge in [-0.15, -0.1) is 0 Å². The van der Waals surface area contributed by atoms with E-state index in [2.05, 4.69) is 10.2 Å². The van der Waals surface area contributed by atoms with Gasteiger partial charge in [-0.1, -0.05) is 0 Å². The molecule has 2 rings (SSSR count). The molecule has 4 heteroatoms. The second-order valence-electron chi connectivity index (χ2n) is 5.86. The second-order valence-corrected chi connectivity index (χ2v) is 5.86. The Morgan fingerprint density at radius 2 is 1.83 bits per heavy atom. The van der Waals surface area contributed by atoms with Crippen LogP contribution in [0.2, 0.25) is 0 Å². The standard InChI is InChI=1S/C14H27N3O/c1-12(18)16(2)14-5-9-17(10-6-14)11-13-3-7-15-8-4-13/h13-15H,3-11H2,1-2H3. The minimum absolute atomic E-state index is 0.201. The summed E-state index contributed by atoms with van der Waals surface area (Å²) in [5.74, 6) is 1.08. The average molecular weight is 253 g/mol. The van der Waals surface area contributed by atoms with Gasteiger partial charge >= 0.3 is 0 Å². The largest absolute Gasteiger partial charge is 0.343 e. The van der Waals surface area contributed by atoms with Gasteiger partial charge in [0, 0.05) is 39.6 Å². The van der Waals surface area contributed by atoms with Crippen LogP contribution in [0.15, 0.2) is 0 Å². The molecular formula is C14H27N3O. The normalized spacial score (nSPS) is 24.1. The van der Waals surface area contributed by atoms with Gasteiger partial charge in [-0.3, -0.25) is 4.79 Å². The zero-order valence-electron chi connectivity index (χ0n) is 11.8. The summed E-state index contributed by atoms with van der Waals surface area (Å²) in [5, 5.41) is 3.42. The van der Waals surface area contributed by atoms with Crippen LogP contribution in [0.4, 0.5) is 0 Å². The number of nitrogens with one attached hydrogen (secondary N) is 1. The number of amides is 1. The van der Waals surface area contributed by atoms with Gasteiger partial charge in [-0.2, -0.15) is 0 Å². The van der Waals surface area contributed by atoms with Crippen LogP contribution in [-0.2, 0) is 4.79 Å². The molecule has 0 radical (unpaired) electrons. The first-order valence-corrected chi connectivity index (χ1v) is 7.33. The Labute approximate surface area is 111 Å². The van der Waals surface area contributed by atoms with Gasteiger partial charge in [0.25, 0.3) is 0 Å². The van der Waals surface area contributed by atoms with Gasteiger partial charge in [-0.05, 0) is 44.7 Å².